The monoisotopic (exact) mass is 332 g/mol. The maximum Gasteiger partial charge on any atom is 0.233 e. The summed E-state index contributed by atoms with van der Waals surface area (Å²) >= 11 is 0. The van der Waals surface area contributed by atoms with E-state index < -0.39 is 0 Å². The molecule has 0 saturated carbocycles. The lowest BCUT2D eigenvalue weighted by Crippen LogP contribution is -2.41. The van der Waals surface area contributed by atoms with E-state index in [2.05, 4.69) is 52.3 Å². The average molecular weight is 332 g/mol. The first-order valence-electron chi connectivity index (χ1n) is 8.64. The van der Waals surface area contributed by atoms with Crippen LogP contribution in [0.1, 0.15) is 49.2 Å². The van der Waals surface area contributed by atoms with Crippen molar-refractivity contribution in [2.75, 3.05) is 27.2 Å². The maximum absolute atomic E-state index is 5.60. The summed E-state index contributed by atoms with van der Waals surface area (Å²) < 4.78 is 7.50. The molecule has 1 saturated heterocycles. The first kappa shape index (κ1) is 17.1. The SMILES string of the molecule is Cc1nnc(C(C)N(C)C[C@@H]2CCCN(C)[C@H]2c2cnn(C)c2)o1. The summed E-state index contributed by atoms with van der Waals surface area (Å²) in [6.07, 6.45) is 6.61. The highest BCUT2D eigenvalue weighted by molar-refractivity contribution is 5.13. The van der Waals surface area contributed by atoms with Gasteiger partial charge in [0.1, 0.15) is 0 Å². The highest BCUT2D eigenvalue weighted by Crippen LogP contribution is 2.36. The average Bonchev–Trinajstić information content (AvgIpc) is 3.15. The zero-order chi connectivity index (χ0) is 17.3. The minimum absolute atomic E-state index is 0.119. The molecule has 24 heavy (non-hydrogen) atoms. The second kappa shape index (κ2) is 7.03. The first-order chi connectivity index (χ1) is 11.5. The van der Waals surface area contributed by atoms with E-state index in [9.17, 15) is 0 Å². The van der Waals surface area contributed by atoms with Gasteiger partial charge < -0.3 is 4.42 Å². The number of hydrogen-bond donors (Lipinski definition) is 0. The molecule has 0 aliphatic carbocycles. The Bertz CT molecular complexity index is 666. The molecule has 1 aliphatic rings. The van der Waals surface area contributed by atoms with E-state index in [-0.39, 0.29) is 6.04 Å². The van der Waals surface area contributed by atoms with Crippen molar-refractivity contribution in [3.63, 3.8) is 0 Å². The number of rotatable bonds is 5. The van der Waals surface area contributed by atoms with E-state index >= 15 is 0 Å². The van der Waals surface area contributed by atoms with E-state index in [0.29, 0.717) is 23.7 Å². The Hall–Kier alpha value is -1.73. The molecule has 7 heteroatoms. The van der Waals surface area contributed by atoms with Crippen LogP contribution in [0.15, 0.2) is 16.8 Å². The minimum Gasteiger partial charge on any atom is -0.424 e. The number of hydrogen-bond acceptors (Lipinski definition) is 6. The predicted octanol–water partition coefficient (Wildman–Crippen LogP) is 2.19. The normalized spacial score (nSPS) is 23.8. The van der Waals surface area contributed by atoms with Crippen molar-refractivity contribution < 1.29 is 4.42 Å². The summed E-state index contributed by atoms with van der Waals surface area (Å²) in [4.78, 5) is 4.78. The fourth-order valence-corrected chi connectivity index (χ4v) is 3.77. The van der Waals surface area contributed by atoms with Crippen molar-refractivity contribution in [1.29, 1.82) is 0 Å². The van der Waals surface area contributed by atoms with Gasteiger partial charge in [-0.05, 0) is 46.3 Å². The molecule has 0 N–H and O–H groups in total. The molecular formula is C17H28N6O. The summed E-state index contributed by atoms with van der Waals surface area (Å²) in [6.45, 7) is 6.08. The summed E-state index contributed by atoms with van der Waals surface area (Å²) in [7, 11) is 6.33. The molecule has 0 spiro atoms. The van der Waals surface area contributed by atoms with Crippen LogP contribution >= 0.6 is 0 Å². The molecule has 1 aliphatic heterocycles. The molecular weight excluding hydrogens is 304 g/mol. The number of likely N-dealkylation sites (tertiary alicyclic amines) is 1. The molecule has 0 amide bonds. The quantitative estimate of drug-likeness (QED) is 0.836. The maximum atomic E-state index is 5.60. The molecule has 2 aromatic rings. The van der Waals surface area contributed by atoms with Gasteiger partial charge in [0.25, 0.3) is 0 Å². The molecule has 132 valence electrons. The van der Waals surface area contributed by atoms with Crippen LogP contribution < -0.4 is 0 Å². The third-order valence-corrected chi connectivity index (χ3v) is 5.16. The highest BCUT2D eigenvalue weighted by atomic mass is 16.4. The van der Waals surface area contributed by atoms with Crippen LogP contribution in [-0.2, 0) is 7.05 Å². The van der Waals surface area contributed by atoms with Crippen LogP contribution in [0.4, 0.5) is 0 Å². The van der Waals surface area contributed by atoms with Crippen LogP contribution in [-0.4, -0.2) is 57.0 Å². The third-order valence-electron chi connectivity index (χ3n) is 5.16. The van der Waals surface area contributed by atoms with E-state index in [4.69, 9.17) is 4.42 Å². The molecule has 0 aromatic carbocycles. The standard InChI is InChI=1S/C17H28N6O/c1-12(17-20-19-13(2)24-17)22(4)10-14-7-6-8-21(3)16(14)15-9-18-23(5)11-15/h9,11-12,14,16H,6-8,10H2,1-5H3/t12?,14-,16+/m0/s1. The van der Waals surface area contributed by atoms with Crippen molar-refractivity contribution in [1.82, 2.24) is 29.8 Å². The minimum atomic E-state index is 0.119. The van der Waals surface area contributed by atoms with Gasteiger partial charge in [0.05, 0.1) is 12.2 Å². The Morgan fingerprint density at radius 2 is 2.17 bits per heavy atom. The first-order valence-corrected chi connectivity index (χ1v) is 8.64. The second-order valence-corrected chi connectivity index (χ2v) is 7.05. The van der Waals surface area contributed by atoms with Gasteiger partial charge in [-0.15, -0.1) is 10.2 Å². The van der Waals surface area contributed by atoms with Crippen LogP contribution in [0.3, 0.4) is 0 Å². The van der Waals surface area contributed by atoms with Crippen LogP contribution in [0.2, 0.25) is 0 Å². The van der Waals surface area contributed by atoms with Gasteiger partial charge >= 0.3 is 0 Å². The van der Waals surface area contributed by atoms with Gasteiger partial charge in [-0.3, -0.25) is 14.5 Å². The molecule has 3 rings (SSSR count). The van der Waals surface area contributed by atoms with Gasteiger partial charge in [0.15, 0.2) is 0 Å². The van der Waals surface area contributed by atoms with Gasteiger partial charge in [-0.1, -0.05) is 0 Å². The molecule has 3 atom stereocenters. The lowest BCUT2D eigenvalue weighted by atomic mass is 9.85. The molecule has 1 unspecified atom stereocenters. The van der Waals surface area contributed by atoms with Crippen LogP contribution in [0, 0.1) is 12.8 Å². The molecule has 0 radical (unpaired) electrons. The summed E-state index contributed by atoms with van der Waals surface area (Å²) in [5.41, 5.74) is 1.30. The molecule has 0 bridgehead atoms. The third kappa shape index (κ3) is 3.52. The fourth-order valence-electron chi connectivity index (χ4n) is 3.77. The van der Waals surface area contributed by atoms with Crippen molar-refractivity contribution in [2.24, 2.45) is 13.0 Å². The lowest BCUT2D eigenvalue weighted by molar-refractivity contribution is 0.0795. The summed E-state index contributed by atoms with van der Waals surface area (Å²) in [5.74, 6) is 1.87. The van der Waals surface area contributed by atoms with Gasteiger partial charge in [-0.2, -0.15) is 5.10 Å². The largest absolute Gasteiger partial charge is 0.424 e. The topological polar surface area (TPSA) is 63.2 Å². The Morgan fingerprint density at radius 1 is 1.38 bits per heavy atom. The van der Waals surface area contributed by atoms with E-state index in [1.165, 1.54) is 18.4 Å². The van der Waals surface area contributed by atoms with Crippen molar-refractivity contribution >= 4 is 0 Å². The zero-order valence-corrected chi connectivity index (χ0v) is 15.3. The van der Waals surface area contributed by atoms with Gasteiger partial charge in [0, 0.05) is 38.3 Å². The predicted molar refractivity (Wildman–Crippen MR) is 91.4 cm³/mol. The fraction of sp³-hybridized carbons (Fsp3) is 0.706. The van der Waals surface area contributed by atoms with Gasteiger partial charge in [-0.25, -0.2) is 0 Å². The second-order valence-electron chi connectivity index (χ2n) is 7.05. The molecule has 2 aromatic heterocycles. The van der Waals surface area contributed by atoms with Crippen LogP contribution in [0.5, 0.6) is 0 Å². The smallest absolute Gasteiger partial charge is 0.233 e. The van der Waals surface area contributed by atoms with Crippen molar-refractivity contribution in [3.8, 4) is 0 Å². The Labute approximate surface area is 143 Å². The number of aryl methyl sites for hydroxylation is 2. The molecule has 1 fully saturated rings. The lowest BCUT2D eigenvalue weighted by Gasteiger charge is -2.41. The van der Waals surface area contributed by atoms with Crippen LogP contribution in [0.25, 0.3) is 0 Å². The zero-order valence-electron chi connectivity index (χ0n) is 15.3. The number of aromatic nitrogens is 4. The number of piperidine rings is 1. The Morgan fingerprint density at radius 3 is 2.79 bits per heavy atom. The highest BCUT2D eigenvalue weighted by Gasteiger charge is 2.33. The summed E-state index contributed by atoms with van der Waals surface area (Å²) in [6, 6.07) is 0.527. The van der Waals surface area contributed by atoms with E-state index in [1.807, 2.05) is 24.9 Å². The van der Waals surface area contributed by atoms with Crippen molar-refractivity contribution in [2.45, 2.75) is 38.8 Å². The van der Waals surface area contributed by atoms with E-state index in [0.717, 1.165) is 13.1 Å². The Balaban J connectivity index is 1.73. The number of nitrogens with zero attached hydrogens (tertiary/aromatic N) is 6. The van der Waals surface area contributed by atoms with E-state index in [1.54, 1.807) is 0 Å². The Kier molecular flexibility index (Phi) is 5.01. The summed E-state index contributed by atoms with van der Waals surface area (Å²) in [5, 5.41) is 12.5. The van der Waals surface area contributed by atoms with Crippen molar-refractivity contribution in [3.05, 3.63) is 29.7 Å². The van der Waals surface area contributed by atoms with Gasteiger partial charge in [0.2, 0.25) is 11.8 Å². The molecule has 7 nitrogen and oxygen atoms in total. The molecule has 3 heterocycles.